The summed E-state index contributed by atoms with van der Waals surface area (Å²) in [7, 11) is 0. The van der Waals surface area contributed by atoms with Gasteiger partial charge in [0.1, 0.15) is 5.00 Å². The van der Waals surface area contributed by atoms with Crippen LogP contribution in [0.1, 0.15) is 67.8 Å². The van der Waals surface area contributed by atoms with Gasteiger partial charge >= 0.3 is 6.03 Å². The first-order valence-corrected chi connectivity index (χ1v) is 11.9. The first-order valence-electron chi connectivity index (χ1n) is 11.0. The molecule has 0 saturated heterocycles. The van der Waals surface area contributed by atoms with Crippen molar-refractivity contribution < 1.29 is 9.53 Å². The molecule has 3 heterocycles. The lowest BCUT2D eigenvalue weighted by Gasteiger charge is -2.33. The van der Waals surface area contributed by atoms with E-state index in [4.69, 9.17) is 4.74 Å². The summed E-state index contributed by atoms with van der Waals surface area (Å²) in [6.07, 6.45) is 7.88. The van der Waals surface area contributed by atoms with Crippen LogP contribution in [-0.2, 0) is 24.1 Å². The number of hydrogen-bond donors (Lipinski definition) is 1. The van der Waals surface area contributed by atoms with E-state index in [-0.39, 0.29) is 12.1 Å². The molecule has 0 fully saturated rings. The van der Waals surface area contributed by atoms with Crippen LogP contribution in [0, 0.1) is 5.92 Å². The minimum absolute atomic E-state index is 0.0385. The predicted octanol–water partition coefficient (Wildman–Crippen LogP) is 5.07. The van der Waals surface area contributed by atoms with Crippen molar-refractivity contribution in [3.05, 3.63) is 40.0 Å². The van der Waals surface area contributed by atoms with Crippen molar-refractivity contribution in [2.24, 2.45) is 5.92 Å². The van der Waals surface area contributed by atoms with Crippen LogP contribution in [-0.4, -0.2) is 35.3 Å². The number of aromatic nitrogens is 1. The summed E-state index contributed by atoms with van der Waals surface area (Å²) in [6.45, 7) is 9.18. The second kappa shape index (κ2) is 8.92. The number of rotatable bonds is 6. The average Bonchev–Trinajstić information content (AvgIpc) is 3.29. The minimum Gasteiger partial charge on any atom is -0.382 e. The summed E-state index contributed by atoms with van der Waals surface area (Å²) >= 11 is 1.94. The molecule has 6 heteroatoms. The molecule has 2 aromatic rings. The van der Waals surface area contributed by atoms with Gasteiger partial charge in [0.2, 0.25) is 0 Å². The Kier molecular flexibility index (Phi) is 6.30. The molecule has 0 aromatic carbocycles. The van der Waals surface area contributed by atoms with Gasteiger partial charge < -0.3 is 19.5 Å². The third-order valence-electron chi connectivity index (χ3n) is 6.06. The Balaban J connectivity index is 1.66. The maximum atomic E-state index is 13.3. The van der Waals surface area contributed by atoms with E-state index in [1.165, 1.54) is 46.0 Å². The molecular formula is C23H33N3O2S. The van der Waals surface area contributed by atoms with Crippen molar-refractivity contribution in [3.63, 3.8) is 0 Å². The van der Waals surface area contributed by atoms with E-state index in [0.717, 1.165) is 19.4 Å². The van der Waals surface area contributed by atoms with E-state index < -0.39 is 0 Å². The molecule has 2 aromatic heterocycles. The number of carbonyl (C=O) groups is 1. The monoisotopic (exact) mass is 415 g/mol. The molecule has 1 aliphatic carbocycles. The van der Waals surface area contributed by atoms with Crippen LogP contribution < -0.4 is 5.32 Å². The number of aryl methyl sites for hydroxylation is 1. The average molecular weight is 416 g/mol. The summed E-state index contributed by atoms with van der Waals surface area (Å²) in [5, 5.41) is 4.48. The zero-order valence-corrected chi connectivity index (χ0v) is 18.7. The highest BCUT2D eigenvalue weighted by Gasteiger charge is 2.36. The van der Waals surface area contributed by atoms with Gasteiger partial charge in [-0.2, -0.15) is 0 Å². The van der Waals surface area contributed by atoms with Gasteiger partial charge in [0.25, 0.3) is 0 Å². The molecular weight excluding hydrogens is 382 g/mol. The van der Waals surface area contributed by atoms with Crippen LogP contribution in [0.4, 0.5) is 4.79 Å². The second-order valence-electron chi connectivity index (χ2n) is 8.40. The molecule has 5 nitrogen and oxygen atoms in total. The largest absolute Gasteiger partial charge is 0.382 e. The lowest BCUT2D eigenvalue weighted by atomic mass is 9.94. The summed E-state index contributed by atoms with van der Waals surface area (Å²) in [5.41, 5.74) is 4.10. The van der Waals surface area contributed by atoms with Gasteiger partial charge in [0.05, 0.1) is 12.6 Å². The van der Waals surface area contributed by atoms with Gasteiger partial charge in [-0.1, -0.05) is 13.8 Å². The smallest absolute Gasteiger partial charge is 0.318 e. The molecule has 0 radical (unpaired) electrons. The standard InChI is InChI=1S/C23H33N3O2S/c1-4-28-14-8-12-24-23(27)26-15-18-17-9-5-6-11-20(17)29-22(18)25-13-7-10-19(25)21(26)16(2)3/h7,10,13,16,21H,4-6,8-9,11-12,14-15H2,1-3H3,(H,24,27). The van der Waals surface area contributed by atoms with Crippen molar-refractivity contribution in [3.8, 4) is 5.00 Å². The van der Waals surface area contributed by atoms with Crippen molar-refractivity contribution >= 4 is 17.4 Å². The fraction of sp³-hybridized carbons (Fsp3) is 0.609. The summed E-state index contributed by atoms with van der Waals surface area (Å²) < 4.78 is 7.76. The van der Waals surface area contributed by atoms with Crippen LogP contribution >= 0.6 is 11.3 Å². The van der Waals surface area contributed by atoms with Crippen LogP contribution in [0.2, 0.25) is 0 Å². The zero-order valence-electron chi connectivity index (χ0n) is 17.9. The summed E-state index contributed by atoms with van der Waals surface area (Å²) in [5.74, 6) is 0.336. The Morgan fingerprint density at radius 2 is 2.14 bits per heavy atom. The second-order valence-corrected chi connectivity index (χ2v) is 9.48. The lowest BCUT2D eigenvalue weighted by molar-refractivity contribution is 0.137. The molecule has 0 saturated carbocycles. The number of thiophene rings is 1. The normalized spacial score (nSPS) is 18.2. The SMILES string of the molecule is CCOCCCNC(=O)N1Cc2c(sc3c2CCCC3)-n2cccc2C1C(C)C. The van der Waals surface area contributed by atoms with E-state index >= 15 is 0 Å². The highest BCUT2D eigenvalue weighted by atomic mass is 32.1. The molecule has 2 amide bonds. The third-order valence-corrected chi connectivity index (χ3v) is 7.40. The van der Waals surface area contributed by atoms with Crippen LogP contribution in [0.5, 0.6) is 0 Å². The number of hydrogen-bond acceptors (Lipinski definition) is 3. The van der Waals surface area contributed by atoms with Crippen LogP contribution in [0.15, 0.2) is 18.3 Å². The quantitative estimate of drug-likeness (QED) is 0.670. The van der Waals surface area contributed by atoms with E-state index in [9.17, 15) is 4.79 Å². The van der Waals surface area contributed by atoms with E-state index in [1.54, 1.807) is 0 Å². The van der Waals surface area contributed by atoms with Crippen molar-refractivity contribution in [1.29, 1.82) is 0 Å². The number of fused-ring (bicyclic) bond motifs is 5. The topological polar surface area (TPSA) is 46.5 Å². The number of carbonyl (C=O) groups excluding carboxylic acids is 1. The Hall–Kier alpha value is -1.79. The molecule has 0 spiro atoms. The Labute approximate surface area is 178 Å². The highest BCUT2D eigenvalue weighted by molar-refractivity contribution is 7.15. The van der Waals surface area contributed by atoms with Crippen molar-refractivity contribution in [1.82, 2.24) is 14.8 Å². The van der Waals surface area contributed by atoms with E-state index in [0.29, 0.717) is 25.6 Å². The summed E-state index contributed by atoms with van der Waals surface area (Å²) in [6, 6.07) is 4.41. The summed E-state index contributed by atoms with van der Waals surface area (Å²) in [4.78, 5) is 16.9. The Morgan fingerprint density at radius 3 is 2.93 bits per heavy atom. The van der Waals surface area contributed by atoms with Crippen LogP contribution in [0.3, 0.4) is 0 Å². The first kappa shape index (κ1) is 20.5. The fourth-order valence-corrected chi connectivity index (χ4v) is 6.14. The number of amides is 2. The maximum absolute atomic E-state index is 13.3. The maximum Gasteiger partial charge on any atom is 0.318 e. The van der Waals surface area contributed by atoms with Gasteiger partial charge in [-0.05, 0) is 62.6 Å². The Morgan fingerprint density at radius 1 is 1.31 bits per heavy atom. The molecule has 2 aliphatic rings. The first-order chi connectivity index (χ1) is 14.1. The van der Waals surface area contributed by atoms with Gasteiger partial charge in [0.15, 0.2) is 0 Å². The van der Waals surface area contributed by atoms with Gasteiger partial charge in [-0.15, -0.1) is 11.3 Å². The van der Waals surface area contributed by atoms with E-state index in [2.05, 4.69) is 47.0 Å². The van der Waals surface area contributed by atoms with Crippen LogP contribution in [0.25, 0.3) is 5.00 Å². The third kappa shape index (κ3) is 3.97. The lowest BCUT2D eigenvalue weighted by Crippen LogP contribution is -2.43. The van der Waals surface area contributed by atoms with Crippen molar-refractivity contribution in [2.75, 3.05) is 19.8 Å². The van der Waals surface area contributed by atoms with Crippen molar-refractivity contribution in [2.45, 2.75) is 65.5 Å². The minimum atomic E-state index is 0.0385. The molecule has 4 rings (SSSR count). The van der Waals surface area contributed by atoms with Gasteiger partial charge in [-0.3, -0.25) is 0 Å². The molecule has 1 aliphatic heterocycles. The van der Waals surface area contributed by atoms with Gasteiger partial charge in [-0.25, -0.2) is 4.79 Å². The molecule has 158 valence electrons. The molecule has 1 atom stereocenters. The number of ether oxygens (including phenoxy) is 1. The molecule has 1 N–H and O–H groups in total. The zero-order chi connectivity index (χ0) is 20.4. The number of nitrogens with zero attached hydrogens (tertiary/aromatic N) is 2. The number of nitrogens with one attached hydrogen (secondary N) is 1. The fourth-order valence-electron chi connectivity index (χ4n) is 4.74. The Bertz CT molecular complexity index is 854. The molecule has 1 unspecified atom stereocenters. The number of urea groups is 1. The van der Waals surface area contributed by atoms with E-state index in [1.807, 2.05) is 18.3 Å². The highest BCUT2D eigenvalue weighted by Crippen LogP contribution is 2.43. The molecule has 29 heavy (non-hydrogen) atoms. The van der Waals surface area contributed by atoms with Gasteiger partial charge in [0, 0.05) is 42.1 Å². The predicted molar refractivity (Wildman–Crippen MR) is 118 cm³/mol. The molecule has 0 bridgehead atoms.